The first-order valence-corrected chi connectivity index (χ1v) is 17.6. The molecule has 4 aromatic carbocycles. The highest BCUT2D eigenvalue weighted by atomic mass is 16.6. The van der Waals surface area contributed by atoms with E-state index in [2.05, 4.69) is 79.7 Å². The van der Waals surface area contributed by atoms with Gasteiger partial charge in [0.25, 0.3) is 0 Å². The lowest BCUT2D eigenvalue weighted by Crippen LogP contribution is -2.38. The highest BCUT2D eigenvalue weighted by molar-refractivity contribution is 5.65. The SMILES string of the molecule is CCCC(c1ccccc1OCC1CO1)C(c1ccccc1OCC1CO1)(c1ccccc1OCC1CO1)c1ccccc1OCC1CO1. The van der Waals surface area contributed by atoms with Gasteiger partial charge in [0, 0.05) is 22.6 Å². The molecule has 0 aliphatic carbocycles. The largest absolute Gasteiger partial charge is 0.490 e. The standard InChI is InChI=1S/C41H44O8/c1-2-11-33(32-12-3-7-16-37(32)46-24-28-20-42-28)41(34-13-4-8-17-38(34)47-25-29-21-43-29,35-14-5-9-18-39(35)48-26-30-22-44-30)36-15-6-10-19-40(36)49-27-31-23-45-31/h3-10,12-19,28-31,33H,2,11,20-27H2,1H3. The van der Waals surface area contributed by atoms with Crippen LogP contribution < -0.4 is 18.9 Å². The molecule has 0 saturated carbocycles. The summed E-state index contributed by atoms with van der Waals surface area (Å²) in [6.45, 7) is 7.02. The minimum atomic E-state index is -0.867. The van der Waals surface area contributed by atoms with Crippen LogP contribution >= 0.6 is 0 Å². The van der Waals surface area contributed by atoms with Gasteiger partial charge in [0.1, 0.15) is 73.8 Å². The zero-order valence-electron chi connectivity index (χ0n) is 28.0. The number of ether oxygens (including phenoxy) is 8. The fraction of sp³-hybridized carbons (Fsp3) is 0.415. The van der Waals surface area contributed by atoms with Gasteiger partial charge in [0.05, 0.1) is 31.8 Å². The van der Waals surface area contributed by atoms with Crippen molar-refractivity contribution in [1.29, 1.82) is 0 Å². The molecule has 256 valence electrons. The Bertz CT molecular complexity index is 1560. The Hall–Kier alpha value is -4.08. The average molecular weight is 665 g/mol. The van der Waals surface area contributed by atoms with E-state index in [1.807, 2.05) is 24.3 Å². The maximum atomic E-state index is 6.69. The van der Waals surface area contributed by atoms with Crippen molar-refractivity contribution in [2.24, 2.45) is 0 Å². The van der Waals surface area contributed by atoms with Crippen LogP contribution in [0.1, 0.15) is 47.9 Å². The molecule has 0 bridgehead atoms. The van der Waals surface area contributed by atoms with Crippen molar-refractivity contribution in [2.75, 3.05) is 52.9 Å². The summed E-state index contributed by atoms with van der Waals surface area (Å²) in [6, 6.07) is 33.7. The molecule has 4 aromatic rings. The van der Waals surface area contributed by atoms with Crippen LogP contribution in [0.25, 0.3) is 0 Å². The van der Waals surface area contributed by atoms with Crippen LogP contribution in [0.15, 0.2) is 97.1 Å². The Kier molecular flexibility index (Phi) is 9.46. The van der Waals surface area contributed by atoms with E-state index in [1.165, 1.54) is 0 Å². The smallest absolute Gasteiger partial charge is 0.123 e. The first-order valence-electron chi connectivity index (χ1n) is 17.6. The van der Waals surface area contributed by atoms with Gasteiger partial charge in [-0.15, -0.1) is 0 Å². The minimum Gasteiger partial charge on any atom is -0.490 e. The second-order valence-electron chi connectivity index (χ2n) is 13.2. The maximum Gasteiger partial charge on any atom is 0.123 e. The summed E-state index contributed by atoms with van der Waals surface area (Å²) in [5, 5.41) is 0. The quantitative estimate of drug-likeness (QED) is 0.0808. The van der Waals surface area contributed by atoms with Crippen molar-refractivity contribution in [3.8, 4) is 23.0 Å². The molecular formula is C41H44O8. The molecule has 8 nitrogen and oxygen atoms in total. The molecule has 0 spiro atoms. The molecule has 0 aromatic heterocycles. The van der Waals surface area contributed by atoms with Crippen LogP contribution in [-0.2, 0) is 24.4 Å². The Morgan fingerprint density at radius 2 is 0.837 bits per heavy atom. The molecule has 4 aliphatic heterocycles. The topological polar surface area (TPSA) is 87.0 Å². The van der Waals surface area contributed by atoms with Crippen molar-refractivity contribution in [3.05, 3.63) is 119 Å². The molecule has 0 N–H and O–H groups in total. The molecule has 4 aliphatic rings. The van der Waals surface area contributed by atoms with E-state index < -0.39 is 5.41 Å². The zero-order chi connectivity index (χ0) is 33.0. The number of rotatable bonds is 19. The number of benzene rings is 4. The van der Waals surface area contributed by atoms with Crippen molar-refractivity contribution in [3.63, 3.8) is 0 Å². The lowest BCUT2D eigenvalue weighted by atomic mass is 9.58. The number of para-hydroxylation sites is 4. The monoisotopic (exact) mass is 664 g/mol. The summed E-state index contributed by atoms with van der Waals surface area (Å²) in [4.78, 5) is 0. The number of hydrogen-bond donors (Lipinski definition) is 0. The lowest BCUT2D eigenvalue weighted by Gasteiger charge is -2.45. The molecular weight excluding hydrogens is 620 g/mol. The number of epoxide rings is 4. The summed E-state index contributed by atoms with van der Waals surface area (Å²) in [7, 11) is 0. The normalized spacial score (nSPS) is 23.5. The highest BCUT2D eigenvalue weighted by Gasteiger charge is 2.50. The van der Waals surface area contributed by atoms with Crippen molar-refractivity contribution in [1.82, 2.24) is 0 Å². The molecule has 0 radical (unpaired) electrons. The van der Waals surface area contributed by atoms with E-state index in [0.29, 0.717) is 46.2 Å². The van der Waals surface area contributed by atoms with Crippen LogP contribution in [0.3, 0.4) is 0 Å². The Morgan fingerprint density at radius 1 is 0.510 bits per heavy atom. The van der Waals surface area contributed by atoms with Gasteiger partial charge in [-0.2, -0.15) is 0 Å². The van der Waals surface area contributed by atoms with Gasteiger partial charge < -0.3 is 37.9 Å². The van der Waals surface area contributed by atoms with Crippen LogP contribution in [0.5, 0.6) is 23.0 Å². The van der Waals surface area contributed by atoms with Gasteiger partial charge in [-0.1, -0.05) is 86.1 Å². The first-order chi connectivity index (χ1) is 24.2. The van der Waals surface area contributed by atoms with Crippen LogP contribution in [0, 0.1) is 0 Å². The number of hydrogen-bond acceptors (Lipinski definition) is 8. The van der Waals surface area contributed by atoms with Gasteiger partial charge in [0.15, 0.2) is 0 Å². The van der Waals surface area contributed by atoms with Gasteiger partial charge in [0.2, 0.25) is 0 Å². The molecule has 0 amide bonds. The Morgan fingerprint density at radius 3 is 1.20 bits per heavy atom. The molecule has 5 atom stereocenters. The minimum absolute atomic E-state index is 0.0935. The third kappa shape index (κ3) is 7.29. The van der Waals surface area contributed by atoms with Gasteiger partial charge in [-0.05, 0) is 36.2 Å². The summed E-state index contributed by atoms with van der Waals surface area (Å²) in [6.07, 6.45) is 2.16. The molecule has 49 heavy (non-hydrogen) atoms. The fourth-order valence-corrected chi connectivity index (χ4v) is 6.93. The Balaban J connectivity index is 1.40. The van der Waals surface area contributed by atoms with E-state index in [0.717, 1.165) is 64.7 Å². The summed E-state index contributed by atoms with van der Waals surface area (Å²) in [5.41, 5.74) is 3.30. The average Bonchev–Trinajstić information content (AvgIpc) is 3.93. The summed E-state index contributed by atoms with van der Waals surface area (Å²) < 4.78 is 49.0. The van der Waals surface area contributed by atoms with Crippen molar-refractivity contribution in [2.45, 2.75) is 55.5 Å². The van der Waals surface area contributed by atoms with Crippen LogP contribution in [-0.4, -0.2) is 77.3 Å². The predicted octanol–water partition coefficient (Wildman–Crippen LogP) is 6.72. The highest BCUT2D eigenvalue weighted by Crippen LogP contribution is 2.59. The lowest BCUT2D eigenvalue weighted by molar-refractivity contribution is 0.242. The summed E-state index contributed by atoms with van der Waals surface area (Å²) >= 11 is 0. The van der Waals surface area contributed by atoms with E-state index >= 15 is 0 Å². The predicted molar refractivity (Wildman–Crippen MR) is 184 cm³/mol. The van der Waals surface area contributed by atoms with Gasteiger partial charge >= 0.3 is 0 Å². The Labute approximate surface area is 288 Å². The fourth-order valence-electron chi connectivity index (χ4n) is 6.93. The zero-order valence-corrected chi connectivity index (χ0v) is 28.0. The van der Waals surface area contributed by atoms with E-state index in [9.17, 15) is 0 Å². The van der Waals surface area contributed by atoms with Crippen molar-refractivity contribution < 1.29 is 37.9 Å². The third-order valence-corrected chi connectivity index (χ3v) is 9.64. The van der Waals surface area contributed by atoms with Crippen molar-refractivity contribution >= 4 is 0 Å². The maximum absolute atomic E-state index is 6.69. The molecule has 4 fully saturated rings. The van der Waals surface area contributed by atoms with Gasteiger partial charge in [-0.3, -0.25) is 0 Å². The first kappa shape index (κ1) is 32.1. The van der Waals surface area contributed by atoms with E-state index in [-0.39, 0.29) is 30.3 Å². The molecule has 5 unspecified atom stereocenters. The third-order valence-electron chi connectivity index (χ3n) is 9.64. The summed E-state index contributed by atoms with van der Waals surface area (Å²) in [5.74, 6) is 3.10. The van der Waals surface area contributed by atoms with Crippen LogP contribution in [0.4, 0.5) is 0 Å². The molecule has 4 saturated heterocycles. The molecule has 4 heterocycles. The second kappa shape index (κ2) is 14.4. The van der Waals surface area contributed by atoms with E-state index in [1.54, 1.807) is 0 Å². The molecule has 8 heteroatoms. The van der Waals surface area contributed by atoms with Gasteiger partial charge in [-0.25, -0.2) is 0 Å². The van der Waals surface area contributed by atoms with E-state index in [4.69, 9.17) is 37.9 Å². The second-order valence-corrected chi connectivity index (χ2v) is 13.2. The van der Waals surface area contributed by atoms with Crippen LogP contribution in [0.2, 0.25) is 0 Å². The molecule has 8 rings (SSSR count).